The summed E-state index contributed by atoms with van der Waals surface area (Å²) >= 11 is 6.13. The number of amides is 1. The number of carbonyl (C=O) groups excluding carboxylic acids is 2. The normalized spacial score (nSPS) is 12.4. The van der Waals surface area contributed by atoms with E-state index in [-0.39, 0.29) is 35.8 Å². The first-order valence-corrected chi connectivity index (χ1v) is 14.1. The fourth-order valence-corrected chi connectivity index (χ4v) is 5.04. The zero-order chi connectivity index (χ0) is 30.3. The number of nitrogens with one attached hydrogen (secondary N) is 1. The van der Waals surface area contributed by atoms with E-state index in [2.05, 4.69) is 5.32 Å². The van der Waals surface area contributed by atoms with Crippen molar-refractivity contribution in [1.29, 1.82) is 0 Å². The molecule has 1 amide bonds. The first-order chi connectivity index (χ1) is 19.4. The van der Waals surface area contributed by atoms with Crippen LogP contribution in [0.2, 0.25) is 5.02 Å². The number of para-hydroxylation sites is 1. The van der Waals surface area contributed by atoms with Gasteiger partial charge in [0.15, 0.2) is 5.78 Å². The van der Waals surface area contributed by atoms with Crippen LogP contribution in [0, 0.1) is 5.41 Å². The number of nitrogens with zero attached hydrogens (tertiary/aromatic N) is 3. The Balaban J connectivity index is 1.83. The molecule has 0 aliphatic rings. The number of halogens is 1. The van der Waals surface area contributed by atoms with E-state index >= 15 is 0 Å². The van der Waals surface area contributed by atoms with Crippen molar-refractivity contribution in [3.8, 4) is 11.4 Å². The van der Waals surface area contributed by atoms with Gasteiger partial charge >= 0.3 is 0 Å². The van der Waals surface area contributed by atoms with Crippen molar-refractivity contribution in [1.82, 2.24) is 14.3 Å². The summed E-state index contributed by atoms with van der Waals surface area (Å²) in [5, 5.41) is 3.35. The van der Waals surface area contributed by atoms with E-state index in [0.717, 1.165) is 0 Å². The van der Waals surface area contributed by atoms with Crippen molar-refractivity contribution in [2.45, 2.75) is 46.1 Å². The minimum atomic E-state index is -0.526. The molecule has 1 N–H and O–H groups in total. The summed E-state index contributed by atoms with van der Waals surface area (Å²) in [4.78, 5) is 42.1. The fraction of sp³-hybridized carbons (Fsp3) is 0.452. The molecule has 0 saturated heterocycles. The second-order valence-electron chi connectivity index (χ2n) is 11.1. The maximum Gasteiger partial charge on any atom is 0.295 e. The fourth-order valence-electron chi connectivity index (χ4n) is 4.87. The van der Waals surface area contributed by atoms with Gasteiger partial charge in [-0.25, -0.2) is 4.68 Å². The van der Waals surface area contributed by atoms with Crippen LogP contribution in [-0.4, -0.2) is 60.3 Å². The summed E-state index contributed by atoms with van der Waals surface area (Å²) in [5.74, 6) is 0.0744. The topological polar surface area (TPSA) is 94.8 Å². The monoisotopic (exact) mass is 584 g/mol. The van der Waals surface area contributed by atoms with Gasteiger partial charge in [0.05, 0.1) is 23.6 Å². The van der Waals surface area contributed by atoms with Crippen molar-refractivity contribution in [2.24, 2.45) is 12.5 Å². The number of benzene rings is 2. The van der Waals surface area contributed by atoms with Gasteiger partial charge < -0.3 is 19.7 Å². The Kier molecular flexibility index (Phi) is 11.0. The van der Waals surface area contributed by atoms with Crippen molar-refractivity contribution in [3.05, 3.63) is 75.2 Å². The van der Waals surface area contributed by atoms with Gasteiger partial charge in [0.2, 0.25) is 5.91 Å². The van der Waals surface area contributed by atoms with Crippen LogP contribution >= 0.6 is 11.6 Å². The Morgan fingerprint density at radius 2 is 1.80 bits per heavy atom. The van der Waals surface area contributed by atoms with E-state index < -0.39 is 11.5 Å². The van der Waals surface area contributed by atoms with Gasteiger partial charge in [-0.1, -0.05) is 43.6 Å². The van der Waals surface area contributed by atoms with Crippen molar-refractivity contribution >= 4 is 29.0 Å². The van der Waals surface area contributed by atoms with Crippen LogP contribution in [0.3, 0.4) is 0 Å². The van der Waals surface area contributed by atoms with Gasteiger partial charge in [-0.15, -0.1) is 0 Å². The van der Waals surface area contributed by atoms with E-state index in [1.165, 1.54) is 4.68 Å². The molecule has 0 aliphatic carbocycles. The summed E-state index contributed by atoms with van der Waals surface area (Å²) in [6, 6.07) is 14.2. The third-order valence-corrected chi connectivity index (χ3v) is 7.14. The third kappa shape index (κ3) is 8.09. The van der Waals surface area contributed by atoms with Crippen molar-refractivity contribution in [3.63, 3.8) is 0 Å². The summed E-state index contributed by atoms with van der Waals surface area (Å²) in [5.41, 5.74) is 0.986. The first kappa shape index (κ1) is 32.1. The lowest BCUT2D eigenvalue weighted by Crippen LogP contribution is -2.27. The van der Waals surface area contributed by atoms with Gasteiger partial charge in [-0.05, 0) is 63.2 Å². The van der Waals surface area contributed by atoms with Crippen molar-refractivity contribution in [2.75, 3.05) is 39.7 Å². The number of hydrogen-bond donors (Lipinski definition) is 1. The smallest absolute Gasteiger partial charge is 0.295 e. The number of likely N-dealkylation sites (N-methyl/N-ethyl adjacent to an activating group) is 1. The largest absolute Gasteiger partial charge is 0.493 e. The third-order valence-electron chi connectivity index (χ3n) is 6.91. The van der Waals surface area contributed by atoms with Gasteiger partial charge in [-0.3, -0.25) is 19.1 Å². The van der Waals surface area contributed by atoms with Gasteiger partial charge in [0.25, 0.3) is 5.56 Å². The minimum absolute atomic E-state index is 0.104. The molecule has 3 aromatic rings. The number of hydrogen-bond acceptors (Lipinski definition) is 6. The number of methoxy groups -OCH3 is 1. The SMILES string of the molecule is CCOc1ccc(Cl)cc1C(=O)CCC(C)(C)CC(=O)Nc1c(C(CN(C)C)OC)n(C)n(-c2ccccc2)c1=O. The molecule has 1 unspecified atom stereocenters. The quantitative estimate of drug-likeness (QED) is 0.252. The number of ether oxygens (including phenoxy) is 2. The van der Waals surface area contributed by atoms with E-state index in [1.54, 1.807) is 37.0 Å². The Hall–Kier alpha value is -3.40. The Labute approximate surface area is 247 Å². The molecule has 0 fully saturated rings. The number of rotatable bonds is 14. The lowest BCUT2D eigenvalue weighted by molar-refractivity contribution is -0.118. The number of aromatic nitrogens is 2. The standard InChI is InChI=1S/C31H41ClN4O5/c1-8-41-25-15-14-21(32)18-23(25)24(37)16-17-31(2,3)19-27(38)33-28-29(26(40-7)20-34(4)5)35(6)36(30(28)39)22-12-10-9-11-13-22/h9-15,18,26H,8,16-17,19-20H2,1-7H3,(H,33,38). The predicted octanol–water partition coefficient (Wildman–Crippen LogP) is 5.50. The van der Waals surface area contributed by atoms with Crippen LogP contribution in [0.1, 0.15) is 62.2 Å². The molecule has 0 bridgehead atoms. The zero-order valence-electron chi connectivity index (χ0n) is 25.0. The molecule has 0 aliphatic heterocycles. The highest BCUT2D eigenvalue weighted by atomic mass is 35.5. The van der Waals surface area contributed by atoms with Gasteiger partial charge in [-0.2, -0.15) is 0 Å². The number of Topliss-reactive ketones (excluding diaryl/α,β-unsaturated/α-hetero) is 1. The zero-order valence-corrected chi connectivity index (χ0v) is 25.7. The molecule has 9 nitrogen and oxygen atoms in total. The molecule has 3 rings (SSSR count). The Morgan fingerprint density at radius 1 is 1.12 bits per heavy atom. The molecule has 41 heavy (non-hydrogen) atoms. The van der Waals surface area contributed by atoms with Gasteiger partial charge in [0, 0.05) is 38.6 Å². The van der Waals surface area contributed by atoms with E-state index in [4.69, 9.17) is 21.1 Å². The Bertz CT molecular complexity index is 1410. The summed E-state index contributed by atoms with van der Waals surface area (Å²) in [7, 11) is 7.20. The average molecular weight is 585 g/mol. The molecule has 1 aromatic heterocycles. The maximum absolute atomic E-state index is 13.7. The second kappa shape index (κ2) is 14.0. The first-order valence-electron chi connectivity index (χ1n) is 13.7. The molecule has 0 radical (unpaired) electrons. The van der Waals surface area contributed by atoms with Crippen LogP contribution < -0.4 is 15.6 Å². The summed E-state index contributed by atoms with van der Waals surface area (Å²) in [6.07, 6.45) is 0.311. The second-order valence-corrected chi connectivity index (χ2v) is 11.5. The van der Waals surface area contributed by atoms with Crippen LogP contribution in [0.15, 0.2) is 53.3 Å². The molecule has 10 heteroatoms. The van der Waals surface area contributed by atoms with Crippen LogP contribution in [-0.2, 0) is 16.6 Å². The van der Waals surface area contributed by atoms with Crippen LogP contribution in [0.5, 0.6) is 5.75 Å². The van der Waals surface area contributed by atoms with Crippen molar-refractivity contribution < 1.29 is 19.1 Å². The lowest BCUT2D eigenvalue weighted by Gasteiger charge is -2.24. The van der Waals surface area contributed by atoms with Gasteiger partial charge in [0.1, 0.15) is 17.5 Å². The summed E-state index contributed by atoms with van der Waals surface area (Å²) < 4.78 is 14.6. The molecule has 1 atom stereocenters. The summed E-state index contributed by atoms with van der Waals surface area (Å²) in [6.45, 7) is 6.65. The minimum Gasteiger partial charge on any atom is -0.493 e. The molecule has 0 spiro atoms. The van der Waals surface area contributed by atoms with Crippen LogP contribution in [0.4, 0.5) is 5.69 Å². The average Bonchev–Trinajstić information content (AvgIpc) is 3.15. The predicted molar refractivity (Wildman–Crippen MR) is 163 cm³/mol. The highest BCUT2D eigenvalue weighted by Gasteiger charge is 2.30. The maximum atomic E-state index is 13.7. The number of ketones is 1. The molecular weight excluding hydrogens is 544 g/mol. The molecule has 1 heterocycles. The molecular formula is C31H41ClN4O5. The van der Waals surface area contributed by atoms with E-state index in [1.807, 2.05) is 70.1 Å². The number of carbonyl (C=O) groups is 2. The highest BCUT2D eigenvalue weighted by molar-refractivity contribution is 6.31. The number of anilines is 1. The van der Waals surface area contributed by atoms with E-state index in [9.17, 15) is 14.4 Å². The molecule has 0 saturated carbocycles. The highest BCUT2D eigenvalue weighted by Crippen LogP contribution is 2.32. The Morgan fingerprint density at radius 3 is 2.41 bits per heavy atom. The molecule has 2 aromatic carbocycles. The molecule has 222 valence electrons. The van der Waals surface area contributed by atoms with E-state index in [0.29, 0.717) is 47.3 Å². The lowest BCUT2D eigenvalue weighted by atomic mass is 9.82. The van der Waals surface area contributed by atoms with Crippen LogP contribution in [0.25, 0.3) is 5.69 Å².